The second-order valence-corrected chi connectivity index (χ2v) is 5.94. The molecule has 0 saturated heterocycles. The molecule has 0 aliphatic carbocycles. The number of hydrogen-bond donors (Lipinski definition) is 2. The van der Waals surface area contributed by atoms with Crippen LogP contribution in [0, 0.1) is 5.92 Å². The van der Waals surface area contributed by atoms with E-state index in [4.69, 9.17) is 0 Å². The van der Waals surface area contributed by atoms with Gasteiger partial charge in [-0.1, -0.05) is 33.8 Å². The normalized spacial score (nSPS) is 13.0. The van der Waals surface area contributed by atoms with Crippen molar-refractivity contribution in [1.29, 1.82) is 0 Å². The third-order valence-corrected chi connectivity index (χ3v) is 3.74. The van der Waals surface area contributed by atoms with E-state index < -0.39 is 6.10 Å². The van der Waals surface area contributed by atoms with Crippen molar-refractivity contribution in [2.45, 2.75) is 59.6 Å². The molecule has 0 amide bonds. The Morgan fingerprint density at radius 2 is 1.70 bits per heavy atom. The number of aliphatic hydroxyl groups is 1. The molecule has 0 aliphatic rings. The van der Waals surface area contributed by atoms with E-state index in [1.54, 1.807) is 13.0 Å². The maximum Gasteiger partial charge on any atom is 0.123 e. The van der Waals surface area contributed by atoms with Crippen molar-refractivity contribution < 1.29 is 10.2 Å². The molecule has 0 aromatic heterocycles. The first-order valence-corrected chi connectivity index (χ1v) is 7.68. The Labute approximate surface area is 123 Å². The summed E-state index contributed by atoms with van der Waals surface area (Å²) in [5, 5.41) is 19.7. The molecular weight excluding hydrogens is 250 g/mol. The molecule has 3 nitrogen and oxygen atoms in total. The smallest absolute Gasteiger partial charge is 0.123 e. The van der Waals surface area contributed by atoms with Crippen LogP contribution >= 0.6 is 0 Å². The van der Waals surface area contributed by atoms with Crippen LogP contribution in [0.4, 0.5) is 5.69 Å². The quantitative estimate of drug-likeness (QED) is 0.790. The fourth-order valence-corrected chi connectivity index (χ4v) is 2.65. The van der Waals surface area contributed by atoms with Gasteiger partial charge in [-0.3, -0.25) is 0 Å². The van der Waals surface area contributed by atoms with E-state index in [1.165, 1.54) is 0 Å². The third-order valence-electron chi connectivity index (χ3n) is 3.74. The standard InChI is InChI=1S/C17H29NO2/c1-6-14(7-2)18(11-12(3)4)15-8-9-16(13(5)19)17(20)10-15/h8-10,12-14,19-20H,6-7,11H2,1-5H3. The van der Waals surface area contributed by atoms with Gasteiger partial charge in [0.05, 0.1) is 6.10 Å². The summed E-state index contributed by atoms with van der Waals surface area (Å²) in [5.41, 5.74) is 1.62. The Hall–Kier alpha value is -1.22. The molecule has 1 unspecified atom stereocenters. The molecule has 114 valence electrons. The fourth-order valence-electron chi connectivity index (χ4n) is 2.65. The van der Waals surface area contributed by atoms with Crippen LogP contribution in [0.5, 0.6) is 5.75 Å². The molecule has 0 heterocycles. The maximum atomic E-state index is 10.1. The Bertz CT molecular complexity index is 411. The minimum absolute atomic E-state index is 0.178. The van der Waals surface area contributed by atoms with Crippen molar-refractivity contribution in [3.63, 3.8) is 0 Å². The highest BCUT2D eigenvalue weighted by Gasteiger charge is 2.18. The van der Waals surface area contributed by atoms with Gasteiger partial charge in [-0.05, 0) is 31.7 Å². The van der Waals surface area contributed by atoms with Crippen LogP contribution in [0.3, 0.4) is 0 Å². The average molecular weight is 279 g/mol. The molecule has 0 bridgehead atoms. The summed E-state index contributed by atoms with van der Waals surface area (Å²) in [7, 11) is 0. The van der Waals surface area contributed by atoms with Crippen molar-refractivity contribution in [2.75, 3.05) is 11.4 Å². The Kier molecular flexibility index (Phi) is 6.34. The van der Waals surface area contributed by atoms with Crippen molar-refractivity contribution in [2.24, 2.45) is 5.92 Å². The van der Waals surface area contributed by atoms with Gasteiger partial charge in [0.2, 0.25) is 0 Å². The molecule has 20 heavy (non-hydrogen) atoms. The van der Waals surface area contributed by atoms with Gasteiger partial charge in [-0.2, -0.15) is 0 Å². The molecule has 1 atom stereocenters. The zero-order valence-corrected chi connectivity index (χ0v) is 13.4. The van der Waals surface area contributed by atoms with E-state index in [0.717, 1.165) is 25.1 Å². The van der Waals surface area contributed by atoms with Gasteiger partial charge in [0, 0.05) is 29.9 Å². The van der Waals surface area contributed by atoms with Crippen LogP contribution < -0.4 is 4.90 Å². The molecule has 1 aromatic rings. The minimum atomic E-state index is -0.643. The monoisotopic (exact) mass is 279 g/mol. The van der Waals surface area contributed by atoms with Crippen LogP contribution in [0.25, 0.3) is 0 Å². The van der Waals surface area contributed by atoms with Crippen LogP contribution in [-0.2, 0) is 0 Å². The number of phenolic OH excluding ortho intramolecular Hbond substituents is 1. The molecule has 0 spiro atoms. The minimum Gasteiger partial charge on any atom is -0.507 e. The van der Waals surface area contributed by atoms with Crippen LogP contribution in [0.1, 0.15) is 59.1 Å². The van der Waals surface area contributed by atoms with E-state index in [-0.39, 0.29) is 5.75 Å². The molecule has 1 rings (SSSR count). The van der Waals surface area contributed by atoms with Gasteiger partial charge in [0.25, 0.3) is 0 Å². The molecule has 0 radical (unpaired) electrons. The lowest BCUT2D eigenvalue weighted by Gasteiger charge is -2.34. The summed E-state index contributed by atoms with van der Waals surface area (Å²) in [6.07, 6.45) is 1.53. The summed E-state index contributed by atoms with van der Waals surface area (Å²) in [5.74, 6) is 0.742. The topological polar surface area (TPSA) is 43.7 Å². The number of nitrogens with zero attached hydrogens (tertiary/aromatic N) is 1. The summed E-state index contributed by atoms with van der Waals surface area (Å²) < 4.78 is 0. The second kappa shape index (κ2) is 7.53. The summed E-state index contributed by atoms with van der Waals surface area (Å²) in [4.78, 5) is 2.37. The first-order valence-electron chi connectivity index (χ1n) is 7.68. The maximum absolute atomic E-state index is 10.1. The van der Waals surface area contributed by atoms with Gasteiger partial charge >= 0.3 is 0 Å². The lowest BCUT2D eigenvalue weighted by molar-refractivity contribution is 0.195. The number of phenols is 1. The number of anilines is 1. The Balaban J connectivity index is 3.10. The van der Waals surface area contributed by atoms with Crippen LogP contribution in [0.15, 0.2) is 18.2 Å². The zero-order chi connectivity index (χ0) is 15.3. The van der Waals surface area contributed by atoms with Crippen LogP contribution in [0.2, 0.25) is 0 Å². The van der Waals surface area contributed by atoms with Crippen molar-refractivity contribution >= 4 is 5.69 Å². The highest BCUT2D eigenvalue weighted by atomic mass is 16.3. The van der Waals surface area contributed by atoms with Gasteiger partial charge in [-0.25, -0.2) is 0 Å². The van der Waals surface area contributed by atoms with Gasteiger partial charge in [0.1, 0.15) is 5.75 Å². The summed E-state index contributed by atoms with van der Waals surface area (Å²) in [6, 6.07) is 6.09. The third kappa shape index (κ3) is 4.14. The molecule has 0 saturated carbocycles. The van der Waals surface area contributed by atoms with Crippen molar-refractivity contribution in [3.8, 4) is 5.75 Å². The van der Waals surface area contributed by atoms with E-state index in [1.807, 2.05) is 12.1 Å². The first-order chi connectivity index (χ1) is 9.40. The summed E-state index contributed by atoms with van der Waals surface area (Å²) in [6.45, 7) is 11.5. The van der Waals surface area contributed by atoms with E-state index >= 15 is 0 Å². The van der Waals surface area contributed by atoms with E-state index in [9.17, 15) is 10.2 Å². The largest absolute Gasteiger partial charge is 0.507 e. The SMILES string of the molecule is CCC(CC)N(CC(C)C)c1ccc(C(C)O)c(O)c1. The lowest BCUT2D eigenvalue weighted by Crippen LogP contribution is -2.37. The van der Waals surface area contributed by atoms with Crippen molar-refractivity contribution in [1.82, 2.24) is 0 Å². The zero-order valence-electron chi connectivity index (χ0n) is 13.4. The molecule has 3 heteroatoms. The molecular formula is C17H29NO2. The number of aliphatic hydroxyl groups excluding tert-OH is 1. The predicted octanol–water partition coefficient (Wildman–Crippen LogP) is 4.10. The van der Waals surface area contributed by atoms with Gasteiger partial charge in [-0.15, -0.1) is 0 Å². The summed E-state index contributed by atoms with van der Waals surface area (Å²) >= 11 is 0. The Morgan fingerprint density at radius 1 is 1.10 bits per heavy atom. The number of rotatable bonds is 7. The van der Waals surface area contributed by atoms with Crippen LogP contribution in [-0.4, -0.2) is 22.8 Å². The van der Waals surface area contributed by atoms with E-state index in [2.05, 4.69) is 32.6 Å². The highest BCUT2D eigenvalue weighted by Crippen LogP contribution is 2.31. The number of benzene rings is 1. The van der Waals surface area contributed by atoms with Gasteiger partial charge < -0.3 is 15.1 Å². The van der Waals surface area contributed by atoms with E-state index in [0.29, 0.717) is 17.5 Å². The highest BCUT2D eigenvalue weighted by molar-refractivity contribution is 5.54. The average Bonchev–Trinajstić information content (AvgIpc) is 2.37. The molecule has 1 aromatic carbocycles. The Morgan fingerprint density at radius 3 is 2.10 bits per heavy atom. The first kappa shape index (κ1) is 16.8. The van der Waals surface area contributed by atoms with Crippen molar-refractivity contribution in [3.05, 3.63) is 23.8 Å². The molecule has 2 N–H and O–H groups in total. The second-order valence-electron chi connectivity index (χ2n) is 5.94. The molecule has 0 aliphatic heterocycles. The lowest BCUT2D eigenvalue weighted by atomic mass is 10.0. The number of aromatic hydroxyl groups is 1. The van der Waals surface area contributed by atoms with Gasteiger partial charge in [0.15, 0.2) is 0 Å². The fraction of sp³-hybridized carbons (Fsp3) is 0.647. The number of hydrogen-bond acceptors (Lipinski definition) is 3. The molecule has 0 fully saturated rings. The predicted molar refractivity (Wildman–Crippen MR) is 85.3 cm³/mol.